The van der Waals surface area contributed by atoms with Crippen molar-refractivity contribution in [3.63, 3.8) is 0 Å². The number of nitrogens with zero attached hydrogens (tertiary/aromatic N) is 2. The SMILES string of the molecule is COC(=O)c1cccc(Nc2nc(C)cc(C(=O)NCCC(C)C)n2)c1. The van der Waals surface area contributed by atoms with E-state index >= 15 is 0 Å². The fraction of sp³-hybridized carbons (Fsp3) is 0.368. The zero-order valence-electron chi connectivity index (χ0n) is 15.5. The van der Waals surface area contributed by atoms with Gasteiger partial charge in [0.25, 0.3) is 5.91 Å². The van der Waals surface area contributed by atoms with Gasteiger partial charge in [0.15, 0.2) is 0 Å². The van der Waals surface area contributed by atoms with E-state index in [-0.39, 0.29) is 5.91 Å². The van der Waals surface area contributed by atoms with Crippen LogP contribution in [0.2, 0.25) is 0 Å². The fourth-order valence-corrected chi connectivity index (χ4v) is 2.28. The smallest absolute Gasteiger partial charge is 0.337 e. The van der Waals surface area contributed by atoms with Gasteiger partial charge in [-0.05, 0) is 43.5 Å². The first-order chi connectivity index (χ1) is 12.4. The number of methoxy groups -OCH3 is 1. The van der Waals surface area contributed by atoms with Crippen LogP contribution in [0.5, 0.6) is 0 Å². The summed E-state index contributed by atoms with van der Waals surface area (Å²) in [6.45, 7) is 6.60. The number of aromatic nitrogens is 2. The van der Waals surface area contributed by atoms with Crippen LogP contribution in [-0.2, 0) is 4.74 Å². The molecule has 0 radical (unpaired) electrons. The first-order valence-corrected chi connectivity index (χ1v) is 8.48. The number of ether oxygens (including phenoxy) is 1. The van der Waals surface area contributed by atoms with Crippen molar-refractivity contribution < 1.29 is 14.3 Å². The van der Waals surface area contributed by atoms with Crippen LogP contribution in [0.15, 0.2) is 30.3 Å². The van der Waals surface area contributed by atoms with Gasteiger partial charge in [0, 0.05) is 17.9 Å². The number of carbonyl (C=O) groups excluding carboxylic acids is 2. The lowest BCUT2D eigenvalue weighted by Crippen LogP contribution is -2.26. The molecular weight excluding hydrogens is 332 g/mol. The van der Waals surface area contributed by atoms with Gasteiger partial charge < -0.3 is 15.4 Å². The second-order valence-electron chi connectivity index (χ2n) is 6.35. The summed E-state index contributed by atoms with van der Waals surface area (Å²) in [6, 6.07) is 8.44. The molecular formula is C19H24N4O3. The number of aryl methyl sites for hydroxylation is 1. The van der Waals surface area contributed by atoms with Crippen LogP contribution in [-0.4, -0.2) is 35.5 Å². The van der Waals surface area contributed by atoms with Gasteiger partial charge in [0.05, 0.1) is 12.7 Å². The maximum absolute atomic E-state index is 12.3. The summed E-state index contributed by atoms with van der Waals surface area (Å²) in [6.07, 6.45) is 0.904. The van der Waals surface area contributed by atoms with Gasteiger partial charge >= 0.3 is 5.97 Å². The quantitative estimate of drug-likeness (QED) is 0.741. The van der Waals surface area contributed by atoms with E-state index in [0.717, 1.165) is 6.42 Å². The average Bonchev–Trinajstić information content (AvgIpc) is 2.60. The first-order valence-electron chi connectivity index (χ1n) is 8.48. The topological polar surface area (TPSA) is 93.2 Å². The van der Waals surface area contributed by atoms with E-state index in [1.54, 1.807) is 37.3 Å². The molecule has 7 heteroatoms. The van der Waals surface area contributed by atoms with E-state index in [2.05, 4.69) is 34.4 Å². The zero-order valence-corrected chi connectivity index (χ0v) is 15.5. The van der Waals surface area contributed by atoms with Crippen LogP contribution in [0.3, 0.4) is 0 Å². The van der Waals surface area contributed by atoms with Crippen LogP contribution in [0, 0.1) is 12.8 Å². The van der Waals surface area contributed by atoms with E-state index in [9.17, 15) is 9.59 Å². The number of anilines is 2. The highest BCUT2D eigenvalue weighted by molar-refractivity contribution is 5.93. The highest BCUT2D eigenvalue weighted by Crippen LogP contribution is 2.16. The number of hydrogen-bond donors (Lipinski definition) is 2. The van der Waals surface area contributed by atoms with Gasteiger partial charge in [0.2, 0.25) is 5.95 Å². The molecule has 2 aromatic rings. The zero-order chi connectivity index (χ0) is 19.1. The van der Waals surface area contributed by atoms with E-state index < -0.39 is 5.97 Å². The van der Waals surface area contributed by atoms with Gasteiger partial charge in [-0.2, -0.15) is 0 Å². The van der Waals surface area contributed by atoms with Crippen molar-refractivity contribution >= 4 is 23.5 Å². The molecule has 2 rings (SSSR count). The molecule has 1 aromatic carbocycles. The standard InChI is InChI=1S/C19H24N4O3/c1-12(2)8-9-20-17(24)16-10-13(3)21-19(23-16)22-15-7-5-6-14(11-15)18(25)26-4/h5-7,10-12H,8-9H2,1-4H3,(H,20,24)(H,21,22,23). The highest BCUT2D eigenvalue weighted by atomic mass is 16.5. The summed E-state index contributed by atoms with van der Waals surface area (Å²) >= 11 is 0. The average molecular weight is 356 g/mol. The Labute approximate surface area is 153 Å². The molecule has 138 valence electrons. The summed E-state index contributed by atoms with van der Waals surface area (Å²) in [5.41, 5.74) is 2.01. The molecule has 0 aliphatic rings. The number of hydrogen-bond acceptors (Lipinski definition) is 6. The molecule has 2 N–H and O–H groups in total. The molecule has 0 aliphatic carbocycles. The number of benzene rings is 1. The van der Waals surface area contributed by atoms with Crippen molar-refractivity contribution in [3.8, 4) is 0 Å². The third kappa shape index (κ3) is 5.54. The molecule has 1 heterocycles. The van der Waals surface area contributed by atoms with Crippen molar-refractivity contribution in [1.29, 1.82) is 0 Å². The number of nitrogens with one attached hydrogen (secondary N) is 2. The van der Waals surface area contributed by atoms with Crippen molar-refractivity contribution in [3.05, 3.63) is 47.3 Å². The lowest BCUT2D eigenvalue weighted by Gasteiger charge is -2.10. The number of rotatable bonds is 7. The number of amides is 1. The Kier molecular flexibility index (Phi) is 6.66. The van der Waals surface area contributed by atoms with Crippen molar-refractivity contribution in [2.45, 2.75) is 27.2 Å². The monoisotopic (exact) mass is 356 g/mol. The number of esters is 1. The molecule has 26 heavy (non-hydrogen) atoms. The molecule has 0 unspecified atom stereocenters. The third-order valence-corrected chi connectivity index (χ3v) is 3.63. The van der Waals surface area contributed by atoms with Crippen LogP contribution in [0.1, 0.15) is 46.8 Å². The minimum atomic E-state index is -0.427. The minimum absolute atomic E-state index is 0.234. The van der Waals surface area contributed by atoms with Crippen molar-refractivity contribution in [2.75, 3.05) is 19.0 Å². The molecule has 0 atom stereocenters. The van der Waals surface area contributed by atoms with Crippen LogP contribution in [0.4, 0.5) is 11.6 Å². The molecule has 0 saturated heterocycles. The molecule has 1 aromatic heterocycles. The molecule has 0 bridgehead atoms. The third-order valence-electron chi connectivity index (χ3n) is 3.63. The van der Waals surface area contributed by atoms with Gasteiger partial charge in [-0.1, -0.05) is 19.9 Å². The fourth-order valence-electron chi connectivity index (χ4n) is 2.28. The summed E-state index contributed by atoms with van der Waals surface area (Å²) < 4.78 is 4.71. The van der Waals surface area contributed by atoms with Crippen LogP contribution in [0.25, 0.3) is 0 Å². The lowest BCUT2D eigenvalue weighted by molar-refractivity contribution is 0.0600. The van der Waals surface area contributed by atoms with Crippen LogP contribution < -0.4 is 10.6 Å². The van der Waals surface area contributed by atoms with Gasteiger partial charge in [0.1, 0.15) is 5.69 Å². The molecule has 7 nitrogen and oxygen atoms in total. The second kappa shape index (κ2) is 8.94. The number of carbonyl (C=O) groups is 2. The lowest BCUT2D eigenvalue weighted by atomic mass is 10.1. The second-order valence-corrected chi connectivity index (χ2v) is 6.35. The Bertz CT molecular complexity index is 790. The largest absolute Gasteiger partial charge is 0.465 e. The molecule has 0 aliphatic heterocycles. The van der Waals surface area contributed by atoms with Crippen molar-refractivity contribution in [2.24, 2.45) is 5.92 Å². The predicted molar refractivity (Wildman–Crippen MR) is 99.6 cm³/mol. The molecule has 1 amide bonds. The van der Waals surface area contributed by atoms with Crippen LogP contribution >= 0.6 is 0 Å². The molecule has 0 spiro atoms. The van der Waals surface area contributed by atoms with Gasteiger partial charge in [-0.25, -0.2) is 14.8 Å². The Morgan fingerprint density at radius 1 is 1.19 bits per heavy atom. The highest BCUT2D eigenvalue weighted by Gasteiger charge is 2.12. The van der Waals surface area contributed by atoms with E-state index in [1.165, 1.54) is 7.11 Å². The van der Waals surface area contributed by atoms with E-state index in [0.29, 0.717) is 41.0 Å². The summed E-state index contributed by atoms with van der Waals surface area (Å²) in [4.78, 5) is 32.5. The van der Waals surface area contributed by atoms with Crippen molar-refractivity contribution in [1.82, 2.24) is 15.3 Å². The van der Waals surface area contributed by atoms with Gasteiger partial charge in [-0.3, -0.25) is 4.79 Å². The Balaban J connectivity index is 2.14. The first kappa shape index (κ1) is 19.4. The minimum Gasteiger partial charge on any atom is -0.465 e. The molecule has 0 fully saturated rings. The summed E-state index contributed by atoms with van der Waals surface area (Å²) in [7, 11) is 1.33. The van der Waals surface area contributed by atoms with Gasteiger partial charge in [-0.15, -0.1) is 0 Å². The predicted octanol–water partition coefficient (Wildman–Crippen LogP) is 3.09. The summed E-state index contributed by atoms with van der Waals surface area (Å²) in [5.74, 6) is 0.148. The Hall–Kier alpha value is -2.96. The van der Waals surface area contributed by atoms with E-state index in [1.807, 2.05) is 0 Å². The maximum atomic E-state index is 12.3. The Morgan fingerprint density at radius 2 is 1.96 bits per heavy atom. The Morgan fingerprint density at radius 3 is 2.65 bits per heavy atom. The molecule has 0 saturated carbocycles. The summed E-state index contributed by atoms with van der Waals surface area (Å²) in [5, 5.41) is 5.89. The maximum Gasteiger partial charge on any atom is 0.337 e. The van der Waals surface area contributed by atoms with E-state index in [4.69, 9.17) is 4.74 Å². The normalized spacial score (nSPS) is 10.5.